The molecule has 0 fully saturated rings. The molecule has 22 heavy (non-hydrogen) atoms. The molecule has 0 aliphatic heterocycles. The number of hydrogen-bond acceptors (Lipinski definition) is 2. The van der Waals surface area contributed by atoms with E-state index in [0.29, 0.717) is 0 Å². The normalized spacial score (nSPS) is 12.0. The molecule has 0 heterocycles. The predicted octanol–water partition coefficient (Wildman–Crippen LogP) is 4.73. The lowest BCUT2D eigenvalue weighted by Gasteiger charge is -2.35. The van der Waals surface area contributed by atoms with E-state index in [-0.39, 0.29) is 6.61 Å². The van der Waals surface area contributed by atoms with Crippen molar-refractivity contribution in [1.82, 2.24) is 0 Å². The fourth-order valence-corrected chi connectivity index (χ4v) is 2.95. The average molecular weight is 317 g/mol. The van der Waals surface area contributed by atoms with Gasteiger partial charge in [-0.1, -0.05) is 64.7 Å². The molecule has 0 aromatic rings. The Morgan fingerprint density at radius 1 is 0.727 bits per heavy atom. The first kappa shape index (κ1) is 21.9. The van der Waals surface area contributed by atoms with Gasteiger partial charge in [0.15, 0.2) is 6.73 Å². The van der Waals surface area contributed by atoms with Gasteiger partial charge in [0.2, 0.25) is 0 Å². The molecule has 0 radical (unpaired) electrons. The standard InChI is InChI=1S/C19H42NO2/c1-4-7-8-9-10-11-12-13-14-15-18-22-19-20(5-2,6-3)16-17-21/h21H,4-19H2,1-3H3/q+1. The van der Waals surface area contributed by atoms with Gasteiger partial charge in [0, 0.05) is 0 Å². The molecule has 0 saturated carbocycles. The number of ether oxygens (including phenoxy) is 1. The van der Waals surface area contributed by atoms with E-state index in [1.165, 1.54) is 64.2 Å². The van der Waals surface area contributed by atoms with Gasteiger partial charge in [-0.3, -0.25) is 4.48 Å². The van der Waals surface area contributed by atoms with E-state index in [1.54, 1.807) is 0 Å². The summed E-state index contributed by atoms with van der Waals surface area (Å²) in [6, 6.07) is 0. The van der Waals surface area contributed by atoms with Gasteiger partial charge in [-0.25, -0.2) is 0 Å². The highest BCUT2D eigenvalue weighted by atomic mass is 16.5. The lowest BCUT2D eigenvalue weighted by molar-refractivity contribution is -0.943. The maximum atomic E-state index is 9.18. The third-order valence-electron chi connectivity index (χ3n) is 4.92. The maximum absolute atomic E-state index is 9.18. The quantitative estimate of drug-likeness (QED) is 0.239. The average Bonchev–Trinajstić information content (AvgIpc) is 2.55. The van der Waals surface area contributed by atoms with Crippen LogP contribution in [0.15, 0.2) is 0 Å². The highest BCUT2D eigenvalue weighted by molar-refractivity contribution is 4.47. The van der Waals surface area contributed by atoms with Gasteiger partial charge in [0.1, 0.15) is 6.54 Å². The van der Waals surface area contributed by atoms with Crippen LogP contribution in [0.25, 0.3) is 0 Å². The summed E-state index contributed by atoms with van der Waals surface area (Å²) in [5.74, 6) is 0. The summed E-state index contributed by atoms with van der Waals surface area (Å²) >= 11 is 0. The van der Waals surface area contributed by atoms with E-state index in [4.69, 9.17) is 4.74 Å². The van der Waals surface area contributed by atoms with Crippen LogP contribution in [0.5, 0.6) is 0 Å². The first-order chi connectivity index (χ1) is 10.7. The highest BCUT2D eigenvalue weighted by Crippen LogP contribution is 2.11. The molecule has 0 aliphatic carbocycles. The summed E-state index contributed by atoms with van der Waals surface area (Å²) in [5, 5.41) is 9.18. The van der Waals surface area contributed by atoms with Crippen molar-refractivity contribution < 1.29 is 14.3 Å². The summed E-state index contributed by atoms with van der Waals surface area (Å²) in [4.78, 5) is 0. The minimum absolute atomic E-state index is 0.253. The van der Waals surface area contributed by atoms with Gasteiger partial charge in [0.25, 0.3) is 0 Å². The number of likely N-dealkylation sites (N-methyl/N-ethyl adjacent to an activating group) is 1. The number of hydrogen-bond donors (Lipinski definition) is 1. The van der Waals surface area contributed by atoms with E-state index < -0.39 is 0 Å². The van der Waals surface area contributed by atoms with Gasteiger partial charge in [-0.15, -0.1) is 0 Å². The topological polar surface area (TPSA) is 29.5 Å². The van der Waals surface area contributed by atoms with Crippen molar-refractivity contribution in [3.05, 3.63) is 0 Å². The van der Waals surface area contributed by atoms with E-state index in [1.807, 2.05) is 0 Å². The van der Waals surface area contributed by atoms with Crippen LogP contribution in [0.3, 0.4) is 0 Å². The van der Waals surface area contributed by atoms with Crippen LogP contribution >= 0.6 is 0 Å². The zero-order valence-corrected chi connectivity index (χ0v) is 15.6. The zero-order valence-electron chi connectivity index (χ0n) is 15.6. The van der Waals surface area contributed by atoms with E-state index >= 15 is 0 Å². The van der Waals surface area contributed by atoms with Crippen molar-refractivity contribution in [3.63, 3.8) is 0 Å². The molecule has 1 N–H and O–H groups in total. The fourth-order valence-electron chi connectivity index (χ4n) is 2.95. The second kappa shape index (κ2) is 15.8. The molecular weight excluding hydrogens is 274 g/mol. The summed E-state index contributed by atoms with van der Waals surface area (Å²) in [5.41, 5.74) is 0. The molecule has 3 nitrogen and oxygen atoms in total. The Morgan fingerprint density at radius 2 is 1.23 bits per heavy atom. The van der Waals surface area contributed by atoms with Crippen LogP contribution in [0.4, 0.5) is 0 Å². The molecule has 0 aromatic carbocycles. The molecule has 134 valence electrons. The van der Waals surface area contributed by atoms with Crippen molar-refractivity contribution in [1.29, 1.82) is 0 Å². The zero-order chi connectivity index (χ0) is 16.5. The molecule has 0 atom stereocenters. The Kier molecular flexibility index (Phi) is 15.7. The lowest BCUT2D eigenvalue weighted by Crippen LogP contribution is -2.51. The first-order valence-corrected chi connectivity index (χ1v) is 9.78. The third-order valence-corrected chi connectivity index (χ3v) is 4.92. The van der Waals surface area contributed by atoms with Crippen LogP contribution in [0.1, 0.15) is 85.0 Å². The third kappa shape index (κ3) is 11.4. The molecule has 0 bridgehead atoms. The Balaban J connectivity index is 3.38. The van der Waals surface area contributed by atoms with Gasteiger partial charge in [0.05, 0.1) is 26.3 Å². The molecule has 3 heteroatoms. The van der Waals surface area contributed by atoms with E-state index in [9.17, 15) is 5.11 Å². The predicted molar refractivity (Wildman–Crippen MR) is 96.0 cm³/mol. The second-order valence-electron chi connectivity index (χ2n) is 6.64. The minimum atomic E-state index is 0.253. The lowest BCUT2D eigenvalue weighted by atomic mass is 10.1. The van der Waals surface area contributed by atoms with Crippen LogP contribution in [-0.2, 0) is 4.74 Å². The molecular formula is C19H42NO2+. The Morgan fingerprint density at radius 3 is 1.68 bits per heavy atom. The number of rotatable bonds is 17. The van der Waals surface area contributed by atoms with Crippen molar-refractivity contribution in [2.45, 2.75) is 85.0 Å². The fraction of sp³-hybridized carbons (Fsp3) is 1.00. The van der Waals surface area contributed by atoms with Crippen LogP contribution < -0.4 is 0 Å². The van der Waals surface area contributed by atoms with Crippen LogP contribution in [0.2, 0.25) is 0 Å². The number of nitrogens with zero attached hydrogens (tertiary/aromatic N) is 1. The molecule has 0 saturated heterocycles. The monoisotopic (exact) mass is 316 g/mol. The molecule has 0 rings (SSSR count). The maximum Gasteiger partial charge on any atom is 0.183 e. The minimum Gasteiger partial charge on any atom is -0.391 e. The number of unbranched alkanes of at least 4 members (excludes halogenated alkanes) is 9. The summed E-state index contributed by atoms with van der Waals surface area (Å²) < 4.78 is 6.75. The molecule has 0 spiro atoms. The van der Waals surface area contributed by atoms with E-state index in [0.717, 1.165) is 37.5 Å². The van der Waals surface area contributed by atoms with Gasteiger partial charge in [-0.05, 0) is 20.3 Å². The summed E-state index contributed by atoms with van der Waals surface area (Å²) in [6.45, 7) is 11.4. The smallest absolute Gasteiger partial charge is 0.183 e. The Hall–Kier alpha value is -0.120. The summed E-state index contributed by atoms with van der Waals surface area (Å²) in [7, 11) is 0. The number of quaternary nitrogens is 1. The Labute approximate surface area is 139 Å². The van der Waals surface area contributed by atoms with Gasteiger partial charge < -0.3 is 9.84 Å². The van der Waals surface area contributed by atoms with E-state index in [2.05, 4.69) is 20.8 Å². The Bertz CT molecular complexity index is 217. The molecule has 0 amide bonds. The van der Waals surface area contributed by atoms with Crippen molar-refractivity contribution in [3.8, 4) is 0 Å². The number of aliphatic hydroxyl groups is 1. The van der Waals surface area contributed by atoms with Gasteiger partial charge >= 0.3 is 0 Å². The largest absolute Gasteiger partial charge is 0.391 e. The van der Waals surface area contributed by atoms with Crippen LogP contribution in [-0.4, -0.2) is 49.2 Å². The molecule has 0 unspecified atom stereocenters. The highest BCUT2D eigenvalue weighted by Gasteiger charge is 2.22. The number of aliphatic hydroxyl groups excluding tert-OH is 1. The van der Waals surface area contributed by atoms with Crippen LogP contribution in [0, 0.1) is 0 Å². The first-order valence-electron chi connectivity index (χ1n) is 9.78. The molecule has 0 aromatic heterocycles. The second-order valence-corrected chi connectivity index (χ2v) is 6.64. The van der Waals surface area contributed by atoms with Gasteiger partial charge in [-0.2, -0.15) is 0 Å². The van der Waals surface area contributed by atoms with Crippen molar-refractivity contribution in [2.75, 3.05) is 39.6 Å². The molecule has 0 aliphatic rings. The summed E-state index contributed by atoms with van der Waals surface area (Å²) in [6.07, 6.45) is 13.7. The SMILES string of the molecule is CCCCCCCCCCCCOC[N+](CC)(CC)CCO. The van der Waals surface area contributed by atoms with Crippen molar-refractivity contribution in [2.24, 2.45) is 0 Å². The van der Waals surface area contributed by atoms with Crippen molar-refractivity contribution >= 4 is 0 Å².